The SMILES string of the molecule is Brc1nnc(Br)c2snnc12.CC(C)(O)C(C)(C)O.CC1(C)OB(c2nnc(B3OC(C)(C)C(C)(C)O3)c3snnc23)OC1(C)C.[B]B1OC(C)(C)C(C)(C)O1.[Cl][Pd][Cl].c1ccc(P(c2ccccc2)c2ccccc2)cc1.c1ccc(P(c2ccccc2)c2ccccc2)cc1. The van der Waals surface area contributed by atoms with Crippen LogP contribution in [0.25, 0.3) is 20.4 Å². The van der Waals surface area contributed by atoms with Crippen LogP contribution in [0.2, 0.25) is 0 Å². The Labute approximate surface area is 617 Å². The van der Waals surface area contributed by atoms with Crippen LogP contribution in [0.1, 0.15) is 111 Å². The van der Waals surface area contributed by atoms with Crippen LogP contribution in [0.15, 0.2) is 191 Å². The molecule has 3 saturated heterocycles. The molecule has 2 N–H and O–H groups in total. The third kappa shape index (κ3) is 21.1. The average Bonchev–Trinajstić information content (AvgIpc) is 1.58. The molecule has 0 aliphatic carbocycles. The summed E-state index contributed by atoms with van der Waals surface area (Å²) < 4.78 is 46.0. The van der Waals surface area contributed by atoms with E-state index in [9.17, 15) is 0 Å². The summed E-state index contributed by atoms with van der Waals surface area (Å²) in [6.45, 7) is 30.2. The number of hydrogen-bond donors (Lipinski definition) is 2. The normalized spacial score (nSPS) is 16.8. The smallest absolute Gasteiger partial charge is 0.0134 e. The van der Waals surface area contributed by atoms with Gasteiger partial charge in [-0.2, -0.15) is 10.2 Å². The molecule has 0 amide bonds. The van der Waals surface area contributed by atoms with Gasteiger partial charge in [0.2, 0.25) is 0 Å². The Bertz CT molecular complexity index is 3590. The molecule has 512 valence electrons. The summed E-state index contributed by atoms with van der Waals surface area (Å²) in [5, 5.41) is 51.1. The Hall–Kier alpha value is -3.88. The molecule has 0 atom stereocenters. The number of halogens is 4. The molecule has 0 unspecified atom stereocenters. The third-order valence-corrected chi connectivity index (χ3v) is 24.9. The third-order valence-electron chi connectivity index (χ3n) is 17.1. The molecular weight excluding hydrogens is 1560 g/mol. The van der Waals surface area contributed by atoms with Crippen molar-refractivity contribution in [3.63, 3.8) is 0 Å². The summed E-state index contributed by atoms with van der Waals surface area (Å²) in [5.41, 5.74) is -1.99. The summed E-state index contributed by atoms with van der Waals surface area (Å²) in [7, 11) is 12.3. The second-order valence-electron chi connectivity index (χ2n) is 26.3. The molecule has 3 aliphatic heterocycles. The van der Waals surface area contributed by atoms with E-state index in [0.29, 0.717) is 25.9 Å². The second kappa shape index (κ2) is 34.9. The molecule has 10 aromatic rings. The van der Waals surface area contributed by atoms with Gasteiger partial charge in [0.15, 0.2) is 4.60 Å². The largest absolute Gasteiger partial charge is 0.0622 e. The van der Waals surface area contributed by atoms with Crippen LogP contribution >= 0.6 is 89.8 Å². The van der Waals surface area contributed by atoms with Gasteiger partial charge in [-0.3, -0.25) is 0 Å². The number of aromatic nitrogens is 8. The van der Waals surface area contributed by atoms with E-state index in [1.165, 1.54) is 54.9 Å². The van der Waals surface area contributed by atoms with Gasteiger partial charge in [-0.1, -0.05) is 191 Å². The van der Waals surface area contributed by atoms with Gasteiger partial charge in [0.25, 0.3) is 0 Å². The number of rotatable bonds is 9. The molecule has 7 heterocycles. The fraction of sp³-hybridized carbons (Fsp3) is 0.353. The van der Waals surface area contributed by atoms with Crippen molar-refractivity contribution in [3.05, 3.63) is 191 Å². The zero-order valence-corrected chi connectivity index (χ0v) is 66.8. The van der Waals surface area contributed by atoms with Gasteiger partial charge < -0.3 is 38.1 Å². The van der Waals surface area contributed by atoms with Crippen molar-refractivity contribution >= 4 is 182 Å². The molecule has 0 spiro atoms. The number of fused-ring (bicyclic) bond motifs is 2. The molecule has 3 fully saturated rings. The Morgan fingerprint density at radius 3 is 0.907 bits per heavy atom. The molecule has 0 saturated carbocycles. The van der Waals surface area contributed by atoms with Gasteiger partial charge in [0, 0.05) is 0 Å². The van der Waals surface area contributed by atoms with Crippen molar-refractivity contribution in [1.29, 1.82) is 0 Å². The van der Waals surface area contributed by atoms with Crippen LogP contribution < -0.4 is 43.0 Å². The first-order valence-electron chi connectivity index (χ1n) is 30.8. The molecule has 6 aromatic carbocycles. The standard InChI is InChI=1S/2C18H15P.C16H24B2N4O4S.C6H12B2O2.C6H14O2.C4Br2N4S.2ClH.Pd/c2*1-4-10-16(11-5-1)19(17-12-6-2-7-13-17)18-14-8-3-9-15-18;1-13(2)14(3,4)24-17(23-13)11-9-10(27-22-19-9)12(21-20-11)18-25-15(5,6)16(7,8)26-18;1-5(2)6(3,4)10-8(7)9-5;1-5(2,7)6(3,4)8;5-3-1-2(11-10-7-1)4(6)9-8-3;;;/h2*1-15H;1-8H3;1-4H3;7-8H,1-4H3;;2*1H;/q;;;;;;;;+2/p-2. The molecular formula is C68H80B4Br2Cl2N8O8P2PdS2. The van der Waals surface area contributed by atoms with Gasteiger partial charge in [-0.15, -0.1) is 20.4 Å². The fourth-order valence-electron chi connectivity index (χ4n) is 8.84. The first-order valence-corrected chi connectivity index (χ1v) is 40.7. The Balaban J connectivity index is 0.000000170. The van der Waals surface area contributed by atoms with Crippen LogP contribution in [-0.2, 0) is 43.9 Å². The topological polar surface area (TPSA) is 199 Å². The number of benzene rings is 6. The van der Waals surface area contributed by atoms with Crippen molar-refractivity contribution in [2.24, 2.45) is 0 Å². The first kappa shape index (κ1) is 80.4. The maximum absolute atomic E-state index is 9.10. The summed E-state index contributed by atoms with van der Waals surface area (Å²) in [6, 6.07) is 64.7. The average molecular weight is 1640 g/mol. The van der Waals surface area contributed by atoms with Crippen LogP contribution in [0.4, 0.5) is 0 Å². The van der Waals surface area contributed by atoms with Crippen LogP contribution in [0, 0.1) is 0 Å². The number of aliphatic hydroxyl groups is 2. The first-order chi connectivity index (χ1) is 45.5. The Kier molecular flexibility index (Phi) is 28.9. The molecule has 0 bridgehead atoms. The number of nitrogens with zero attached hydrogens (tertiary/aromatic N) is 8. The quantitative estimate of drug-likeness (QED) is 0.102. The van der Waals surface area contributed by atoms with E-state index >= 15 is 0 Å². The monoisotopic (exact) mass is 1640 g/mol. The predicted molar refractivity (Wildman–Crippen MR) is 409 cm³/mol. The minimum atomic E-state index is -1.01. The molecule has 4 aromatic heterocycles. The summed E-state index contributed by atoms with van der Waals surface area (Å²) in [5.74, 6) is 0. The van der Waals surface area contributed by atoms with E-state index in [-0.39, 0.29) is 27.1 Å². The van der Waals surface area contributed by atoms with Gasteiger partial charge in [0.1, 0.15) is 39.3 Å². The van der Waals surface area contributed by atoms with Gasteiger partial charge in [-0.05, 0) is 213 Å². The minimum absolute atomic E-state index is 0.106. The number of hydrogen-bond acceptors (Lipinski definition) is 18. The molecule has 3 aliphatic rings. The predicted octanol–water partition coefficient (Wildman–Crippen LogP) is 12.6. The fourth-order valence-corrected chi connectivity index (χ4v) is 15.6. The van der Waals surface area contributed by atoms with E-state index in [4.69, 9.17) is 64.9 Å². The van der Waals surface area contributed by atoms with E-state index in [2.05, 4.69) is 253 Å². The Morgan fingerprint density at radius 2 is 0.639 bits per heavy atom. The zero-order chi connectivity index (χ0) is 71.2. The van der Waals surface area contributed by atoms with Crippen molar-refractivity contribution in [1.82, 2.24) is 39.6 Å². The molecule has 2 radical (unpaired) electrons. The molecule has 13 rings (SSSR count). The van der Waals surface area contributed by atoms with E-state index in [0.717, 1.165) is 14.9 Å². The van der Waals surface area contributed by atoms with Crippen molar-refractivity contribution in [2.75, 3.05) is 0 Å². The van der Waals surface area contributed by atoms with Crippen LogP contribution in [0.3, 0.4) is 0 Å². The molecule has 16 nitrogen and oxygen atoms in total. The van der Waals surface area contributed by atoms with Gasteiger partial charge in [0.05, 0.1) is 49.5 Å². The van der Waals surface area contributed by atoms with E-state index < -0.39 is 70.7 Å². The van der Waals surface area contributed by atoms with Crippen LogP contribution in [0.5, 0.6) is 0 Å². The van der Waals surface area contributed by atoms with Crippen molar-refractivity contribution in [3.8, 4) is 0 Å². The maximum Gasteiger partial charge on any atom is -0.0134 e. The van der Waals surface area contributed by atoms with Crippen molar-refractivity contribution < 1.29 is 54.1 Å². The summed E-state index contributed by atoms with van der Waals surface area (Å²) >= 11 is 8.89. The van der Waals surface area contributed by atoms with Crippen LogP contribution in [-0.4, -0.2) is 124 Å². The minimum Gasteiger partial charge on any atom is -0.0622 e. The van der Waals surface area contributed by atoms with Gasteiger partial charge in [-0.25, -0.2) is 0 Å². The second-order valence-corrected chi connectivity index (χ2v) is 36.1. The zero-order valence-electron chi connectivity index (χ0n) is 57.1. The maximum atomic E-state index is 9.10. The van der Waals surface area contributed by atoms with E-state index in [1.54, 1.807) is 27.7 Å². The molecule has 29 heteroatoms. The summed E-state index contributed by atoms with van der Waals surface area (Å²) in [6.07, 6.45) is 0. The van der Waals surface area contributed by atoms with E-state index in [1.807, 2.05) is 83.1 Å². The Morgan fingerprint density at radius 1 is 0.392 bits per heavy atom. The molecule has 97 heavy (non-hydrogen) atoms. The summed E-state index contributed by atoms with van der Waals surface area (Å²) in [4.78, 5) is 0. The van der Waals surface area contributed by atoms with Crippen molar-refractivity contribution in [2.45, 2.75) is 156 Å². The van der Waals surface area contributed by atoms with Gasteiger partial charge >= 0.3 is 56.2 Å².